The molecule has 0 amide bonds. The molecule has 96 valence electrons. The van der Waals surface area contributed by atoms with Crippen molar-refractivity contribution in [3.63, 3.8) is 0 Å². The van der Waals surface area contributed by atoms with Crippen molar-refractivity contribution >= 4 is 0 Å². The van der Waals surface area contributed by atoms with Crippen molar-refractivity contribution in [2.75, 3.05) is 6.54 Å². The lowest BCUT2D eigenvalue weighted by Crippen LogP contribution is -2.35. The minimum atomic E-state index is -0.139. The van der Waals surface area contributed by atoms with Gasteiger partial charge in [-0.05, 0) is 50.5 Å². The van der Waals surface area contributed by atoms with E-state index in [1.54, 1.807) is 0 Å². The number of aliphatic hydroxyl groups is 1. The first-order valence-electron chi connectivity index (χ1n) is 7.05. The van der Waals surface area contributed by atoms with Crippen LogP contribution in [-0.4, -0.2) is 23.8 Å². The van der Waals surface area contributed by atoms with Gasteiger partial charge in [0.15, 0.2) is 0 Å². The first-order valence-corrected chi connectivity index (χ1v) is 7.05. The maximum Gasteiger partial charge on any atom is 0.0575 e. The molecule has 2 N–H and O–H groups in total. The van der Waals surface area contributed by atoms with Crippen LogP contribution in [0.2, 0.25) is 0 Å². The van der Waals surface area contributed by atoms with Crippen molar-refractivity contribution < 1.29 is 5.11 Å². The topological polar surface area (TPSA) is 32.3 Å². The molecule has 2 heteroatoms. The standard InChI is InChI=1S/C14H29NO/c1-4-12-5-7-13(8-6-12)15-10-9-14(16)11(2)3/h11-16H,4-10H2,1-3H3. The Bertz CT molecular complexity index is 174. The minimum absolute atomic E-state index is 0.139. The van der Waals surface area contributed by atoms with E-state index in [9.17, 15) is 5.11 Å². The molecule has 1 aliphatic rings. The number of aliphatic hydroxyl groups excluding tert-OH is 1. The number of hydrogen-bond donors (Lipinski definition) is 2. The average Bonchev–Trinajstić information content (AvgIpc) is 2.29. The summed E-state index contributed by atoms with van der Waals surface area (Å²) in [7, 11) is 0. The van der Waals surface area contributed by atoms with Crippen molar-refractivity contribution in [2.24, 2.45) is 11.8 Å². The van der Waals surface area contributed by atoms with Gasteiger partial charge in [0.2, 0.25) is 0 Å². The van der Waals surface area contributed by atoms with Crippen molar-refractivity contribution in [2.45, 2.75) is 71.4 Å². The highest BCUT2D eigenvalue weighted by Gasteiger charge is 2.19. The van der Waals surface area contributed by atoms with Crippen molar-refractivity contribution in [1.82, 2.24) is 5.32 Å². The van der Waals surface area contributed by atoms with Gasteiger partial charge in [-0.25, -0.2) is 0 Å². The maximum absolute atomic E-state index is 9.70. The van der Waals surface area contributed by atoms with Crippen LogP contribution in [0.5, 0.6) is 0 Å². The van der Waals surface area contributed by atoms with Gasteiger partial charge < -0.3 is 10.4 Å². The molecular weight excluding hydrogens is 198 g/mol. The number of nitrogens with one attached hydrogen (secondary N) is 1. The van der Waals surface area contributed by atoms with Gasteiger partial charge in [0, 0.05) is 6.04 Å². The van der Waals surface area contributed by atoms with E-state index in [0.29, 0.717) is 12.0 Å². The predicted molar refractivity (Wildman–Crippen MR) is 69.5 cm³/mol. The van der Waals surface area contributed by atoms with Crippen LogP contribution >= 0.6 is 0 Å². The van der Waals surface area contributed by atoms with Crippen LogP contribution in [-0.2, 0) is 0 Å². The Morgan fingerprint density at radius 3 is 2.31 bits per heavy atom. The lowest BCUT2D eigenvalue weighted by atomic mass is 9.84. The van der Waals surface area contributed by atoms with E-state index in [1.165, 1.54) is 32.1 Å². The summed E-state index contributed by atoms with van der Waals surface area (Å²) < 4.78 is 0. The lowest BCUT2D eigenvalue weighted by Gasteiger charge is -2.29. The molecule has 1 fully saturated rings. The zero-order valence-corrected chi connectivity index (χ0v) is 11.2. The molecule has 0 aromatic carbocycles. The van der Waals surface area contributed by atoms with E-state index in [0.717, 1.165) is 18.9 Å². The Balaban J connectivity index is 2.06. The largest absolute Gasteiger partial charge is 0.393 e. The fourth-order valence-corrected chi connectivity index (χ4v) is 2.54. The minimum Gasteiger partial charge on any atom is -0.393 e. The second kappa shape index (κ2) is 7.29. The van der Waals surface area contributed by atoms with Gasteiger partial charge in [0.1, 0.15) is 0 Å². The second-order valence-electron chi connectivity index (χ2n) is 5.68. The summed E-state index contributed by atoms with van der Waals surface area (Å²) >= 11 is 0. The molecule has 0 aromatic rings. The molecule has 0 radical (unpaired) electrons. The third kappa shape index (κ3) is 4.84. The first kappa shape index (κ1) is 14.0. The van der Waals surface area contributed by atoms with Crippen LogP contribution in [0.3, 0.4) is 0 Å². The Kier molecular flexibility index (Phi) is 6.37. The molecule has 1 saturated carbocycles. The van der Waals surface area contributed by atoms with Crippen LogP contribution in [0.25, 0.3) is 0 Å². The third-order valence-electron chi connectivity index (χ3n) is 4.07. The third-order valence-corrected chi connectivity index (χ3v) is 4.07. The Morgan fingerprint density at radius 1 is 1.19 bits per heavy atom. The molecule has 0 bridgehead atoms. The van der Waals surface area contributed by atoms with Crippen molar-refractivity contribution in [3.05, 3.63) is 0 Å². The maximum atomic E-state index is 9.70. The van der Waals surface area contributed by atoms with Crippen LogP contribution in [0.15, 0.2) is 0 Å². The summed E-state index contributed by atoms with van der Waals surface area (Å²) in [4.78, 5) is 0. The van der Waals surface area contributed by atoms with Crippen LogP contribution in [0.4, 0.5) is 0 Å². The highest BCUT2D eigenvalue weighted by molar-refractivity contribution is 4.77. The van der Waals surface area contributed by atoms with Gasteiger partial charge in [-0.3, -0.25) is 0 Å². The molecule has 0 aromatic heterocycles. The summed E-state index contributed by atoms with van der Waals surface area (Å²) in [6.45, 7) is 7.44. The molecule has 16 heavy (non-hydrogen) atoms. The quantitative estimate of drug-likeness (QED) is 0.731. The zero-order valence-electron chi connectivity index (χ0n) is 11.2. The average molecular weight is 227 g/mol. The van der Waals surface area contributed by atoms with E-state index < -0.39 is 0 Å². The Labute approximate surface area is 101 Å². The molecule has 0 heterocycles. The molecule has 1 unspecified atom stereocenters. The van der Waals surface area contributed by atoms with Crippen molar-refractivity contribution in [3.8, 4) is 0 Å². The highest BCUT2D eigenvalue weighted by Crippen LogP contribution is 2.26. The van der Waals surface area contributed by atoms with E-state index in [1.807, 2.05) is 0 Å². The smallest absolute Gasteiger partial charge is 0.0575 e. The lowest BCUT2D eigenvalue weighted by molar-refractivity contribution is 0.114. The van der Waals surface area contributed by atoms with Crippen LogP contribution < -0.4 is 5.32 Å². The highest BCUT2D eigenvalue weighted by atomic mass is 16.3. The summed E-state index contributed by atoms with van der Waals surface area (Å²) in [6, 6.07) is 0.710. The molecule has 1 atom stereocenters. The molecule has 0 aliphatic heterocycles. The van der Waals surface area contributed by atoms with Gasteiger partial charge >= 0.3 is 0 Å². The monoisotopic (exact) mass is 227 g/mol. The van der Waals surface area contributed by atoms with Gasteiger partial charge in [0.05, 0.1) is 6.10 Å². The summed E-state index contributed by atoms with van der Waals surface area (Å²) in [6.07, 6.45) is 7.54. The molecule has 1 aliphatic carbocycles. The molecule has 0 saturated heterocycles. The summed E-state index contributed by atoms with van der Waals surface area (Å²) in [5, 5.41) is 13.3. The molecule has 1 rings (SSSR count). The van der Waals surface area contributed by atoms with Gasteiger partial charge in [-0.15, -0.1) is 0 Å². The fourth-order valence-electron chi connectivity index (χ4n) is 2.54. The number of rotatable bonds is 6. The zero-order chi connectivity index (χ0) is 12.0. The van der Waals surface area contributed by atoms with E-state index in [2.05, 4.69) is 26.1 Å². The predicted octanol–water partition coefficient (Wildman–Crippen LogP) is 2.95. The Morgan fingerprint density at radius 2 is 1.81 bits per heavy atom. The van der Waals surface area contributed by atoms with Crippen LogP contribution in [0.1, 0.15) is 59.3 Å². The normalized spacial score (nSPS) is 28.3. The van der Waals surface area contributed by atoms with Crippen molar-refractivity contribution in [1.29, 1.82) is 0 Å². The van der Waals surface area contributed by atoms with E-state index in [-0.39, 0.29) is 6.10 Å². The van der Waals surface area contributed by atoms with E-state index >= 15 is 0 Å². The van der Waals surface area contributed by atoms with Crippen LogP contribution in [0, 0.1) is 11.8 Å². The Hall–Kier alpha value is -0.0800. The summed E-state index contributed by atoms with van der Waals surface area (Å²) in [5.74, 6) is 1.36. The SMILES string of the molecule is CCC1CCC(NCCC(O)C(C)C)CC1. The molecule has 0 spiro atoms. The number of hydrogen-bond acceptors (Lipinski definition) is 2. The van der Waals surface area contributed by atoms with Gasteiger partial charge in [-0.1, -0.05) is 27.2 Å². The van der Waals surface area contributed by atoms with Gasteiger partial charge in [-0.2, -0.15) is 0 Å². The molecular formula is C14H29NO. The fraction of sp³-hybridized carbons (Fsp3) is 1.00. The molecule has 2 nitrogen and oxygen atoms in total. The second-order valence-corrected chi connectivity index (χ2v) is 5.68. The van der Waals surface area contributed by atoms with E-state index in [4.69, 9.17) is 0 Å². The first-order chi connectivity index (χ1) is 7.63. The van der Waals surface area contributed by atoms with Gasteiger partial charge in [0.25, 0.3) is 0 Å². The summed E-state index contributed by atoms with van der Waals surface area (Å²) in [5.41, 5.74) is 0.